The van der Waals surface area contributed by atoms with E-state index in [4.69, 9.17) is 4.74 Å². The van der Waals surface area contributed by atoms with Crippen molar-refractivity contribution in [1.82, 2.24) is 9.55 Å². The molecule has 0 saturated heterocycles. The van der Waals surface area contributed by atoms with Crippen LogP contribution in [0, 0.1) is 10.1 Å². The van der Waals surface area contributed by atoms with E-state index in [2.05, 4.69) is 11.6 Å². The number of esters is 1. The van der Waals surface area contributed by atoms with Crippen molar-refractivity contribution in [3.05, 3.63) is 34.8 Å². The minimum absolute atomic E-state index is 0.125. The van der Waals surface area contributed by atoms with Crippen LogP contribution in [-0.4, -0.2) is 27.1 Å². The van der Waals surface area contributed by atoms with Crippen LogP contribution in [0.5, 0.6) is 0 Å². The number of rotatable bonds is 5. The Hall–Kier alpha value is -2.18. The van der Waals surface area contributed by atoms with Crippen LogP contribution in [0.3, 0.4) is 0 Å². The monoisotopic (exact) mass is 225 g/mol. The molecule has 7 heteroatoms. The normalized spacial score (nSPS) is 9.81. The van der Waals surface area contributed by atoms with Crippen molar-refractivity contribution >= 4 is 11.8 Å². The lowest BCUT2D eigenvalue weighted by molar-refractivity contribution is -0.389. The van der Waals surface area contributed by atoms with Crippen molar-refractivity contribution in [3.63, 3.8) is 0 Å². The van der Waals surface area contributed by atoms with Crippen molar-refractivity contribution < 1.29 is 14.5 Å². The molecule has 0 fully saturated rings. The van der Waals surface area contributed by atoms with Crippen LogP contribution in [-0.2, 0) is 16.1 Å². The maximum absolute atomic E-state index is 11.2. The number of nitrogens with zero attached hydrogens (tertiary/aromatic N) is 3. The average Bonchev–Trinajstić information content (AvgIpc) is 2.66. The van der Waals surface area contributed by atoms with Gasteiger partial charge in [-0.1, -0.05) is 6.58 Å². The Balaban J connectivity index is 2.63. The van der Waals surface area contributed by atoms with Gasteiger partial charge in [-0.15, -0.1) is 0 Å². The number of carbonyl (C=O) groups is 1. The van der Waals surface area contributed by atoms with Gasteiger partial charge in [0.05, 0.1) is 13.2 Å². The molecule has 86 valence electrons. The van der Waals surface area contributed by atoms with Gasteiger partial charge in [-0.05, 0) is 16.8 Å². The summed E-state index contributed by atoms with van der Waals surface area (Å²) in [6.45, 7) is 5.61. The number of nitro groups is 1. The molecule has 0 amide bonds. The van der Waals surface area contributed by atoms with Crippen molar-refractivity contribution in [1.29, 1.82) is 0 Å². The molecule has 0 bridgehead atoms. The third-order valence-corrected chi connectivity index (χ3v) is 1.74. The SMILES string of the molecule is C=C(Cn1cnc([N+](=O)[O-])c1)C(=O)OCC. The summed E-state index contributed by atoms with van der Waals surface area (Å²) in [7, 11) is 0. The minimum atomic E-state index is -0.608. The summed E-state index contributed by atoms with van der Waals surface area (Å²) in [6, 6.07) is 0. The maximum atomic E-state index is 11.2. The molecular formula is C9H11N3O4. The molecule has 1 rings (SSSR count). The Morgan fingerprint density at radius 3 is 2.94 bits per heavy atom. The number of hydrogen-bond acceptors (Lipinski definition) is 5. The highest BCUT2D eigenvalue weighted by atomic mass is 16.6. The smallest absolute Gasteiger partial charge is 0.381 e. The standard InChI is InChI=1S/C9H11N3O4/c1-3-16-9(13)7(2)4-11-5-8(10-6-11)12(14)15/h5-6H,2-4H2,1H3. The van der Waals surface area contributed by atoms with Crippen molar-refractivity contribution in [3.8, 4) is 0 Å². The zero-order chi connectivity index (χ0) is 12.1. The lowest BCUT2D eigenvalue weighted by Crippen LogP contribution is -2.11. The molecule has 0 unspecified atom stereocenters. The molecular weight excluding hydrogens is 214 g/mol. The number of aromatic nitrogens is 2. The second-order valence-electron chi connectivity index (χ2n) is 2.99. The molecule has 1 heterocycles. The summed E-state index contributed by atoms with van der Waals surface area (Å²) >= 11 is 0. The second kappa shape index (κ2) is 5.06. The molecule has 0 spiro atoms. The van der Waals surface area contributed by atoms with Gasteiger partial charge in [-0.2, -0.15) is 0 Å². The molecule has 7 nitrogen and oxygen atoms in total. The third-order valence-electron chi connectivity index (χ3n) is 1.74. The summed E-state index contributed by atoms with van der Waals surface area (Å²) < 4.78 is 6.12. The molecule has 0 aliphatic heterocycles. The molecule has 0 saturated carbocycles. The van der Waals surface area contributed by atoms with Crippen molar-refractivity contribution in [2.24, 2.45) is 0 Å². The van der Waals surface area contributed by atoms with Gasteiger partial charge in [0, 0.05) is 5.57 Å². The number of carbonyl (C=O) groups excluding carboxylic acids is 1. The summed E-state index contributed by atoms with van der Waals surface area (Å²) in [5, 5.41) is 10.4. The van der Waals surface area contributed by atoms with Gasteiger partial charge in [0.2, 0.25) is 6.33 Å². The number of imidazole rings is 1. The molecule has 0 aliphatic rings. The van der Waals surface area contributed by atoms with E-state index in [1.54, 1.807) is 6.92 Å². The Morgan fingerprint density at radius 1 is 1.75 bits per heavy atom. The first-order valence-electron chi connectivity index (χ1n) is 4.55. The Labute approximate surface area is 91.5 Å². The van der Waals surface area contributed by atoms with Crippen LogP contribution >= 0.6 is 0 Å². The van der Waals surface area contributed by atoms with E-state index >= 15 is 0 Å². The minimum Gasteiger partial charge on any atom is -0.463 e. The quantitative estimate of drug-likeness (QED) is 0.321. The third kappa shape index (κ3) is 2.91. The van der Waals surface area contributed by atoms with E-state index in [1.807, 2.05) is 0 Å². The molecule has 1 aromatic rings. The van der Waals surface area contributed by atoms with Crippen molar-refractivity contribution in [2.45, 2.75) is 13.5 Å². The Morgan fingerprint density at radius 2 is 2.44 bits per heavy atom. The Bertz CT molecular complexity index is 424. The van der Waals surface area contributed by atoms with E-state index in [9.17, 15) is 14.9 Å². The predicted octanol–water partition coefficient (Wildman–Crippen LogP) is 0.911. The van der Waals surface area contributed by atoms with Crippen LogP contribution < -0.4 is 0 Å². The largest absolute Gasteiger partial charge is 0.463 e. The zero-order valence-corrected chi connectivity index (χ0v) is 8.75. The lowest BCUT2D eigenvalue weighted by Gasteiger charge is -2.04. The van der Waals surface area contributed by atoms with Gasteiger partial charge >= 0.3 is 11.8 Å². The topological polar surface area (TPSA) is 87.3 Å². The van der Waals surface area contributed by atoms with E-state index in [1.165, 1.54) is 17.1 Å². The molecule has 0 atom stereocenters. The van der Waals surface area contributed by atoms with E-state index in [0.29, 0.717) is 0 Å². The zero-order valence-electron chi connectivity index (χ0n) is 8.75. The highest BCUT2D eigenvalue weighted by Gasteiger charge is 2.13. The molecule has 0 aliphatic carbocycles. The van der Waals surface area contributed by atoms with Gasteiger partial charge in [0.15, 0.2) is 0 Å². The summed E-state index contributed by atoms with van der Waals surface area (Å²) in [6.07, 6.45) is 2.49. The molecule has 1 aromatic heterocycles. The van der Waals surface area contributed by atoms with Gasteiger partial charge < -0.3 is 19.4 Å². The first kappa shape index (κ1) is 11.9. The predicted molar refractivity (Wildman–Crippen MR) is 54.7 cm³/mol. The summed E-state index contributed by atoms with van der Waals surface area (Å²) in [4.78, 5) is 24.5. The number of hydrogen-bond donors (Lipinski definition) is 0. The van der Waals surface area contributed by atoms with Crippen LogP contribution in [0.2, 0.25) is 0 Å². The van der Waals surface area contributed by atoms with Gasteiger partial charge in [0.1, 0.15) is 6.20 Å². The molecule has 0 aromatic carbocycles. The number of ether oxygens (including phenoxy) is 1. The van der Waals surface area contributed by atoms with E-state index < -0.39 is 10.9 Å². The van der Waals surface area contributed by atoms with E-state index in [0.717, 1.165) is 0 Å². The fourth-order valence-electron chi connectivity index (χ4n) is 1.05. The molecule has 16 heavy (non-hydrogen) atoms. The second-order valence-corrected chi connectivity index (χ2v) is 2.99. The van der Waals surface area contributed by atoms with Gasteiger partial charge in [0.25, 0.3) is 0 Å². The van der Waals surface area contributed by atoms with Crippen LogP contribution in [0.4, 0.5) is 5.82 Å². The van der Waals surface area contributed by atoms with Crippen LogP contribution in [0.15, 0.2) is 24.7 Å². The van der Waals surface area contributed by atoms with Crippen LogP contribution in [0.25, 0.3) is 0 Å². The molecule has 0 N–H and O–H groups in total. The maximum Gasteiger partial charge on any atom is 0.381 e. The fourth-order valence-corrected chi connectivity index (χ4v) is 1.05. The summed E-state index contributed by atoms with van der Waals surface area (Å²) in [5.41, 5.74) is 0.217. The fraction of sp³-hybridized carbons (Fsp3) is 0.333. The average molecular weight is 225 g/mol. The summed E-state index contributed by atoms with van der Waals surface area (Å²) in [5.74, 6) is -0.782. The van der Waals surface area contributed by atoms with Gasteiger partial charge in [-0.3, -0.25) is 0 Å². The van der Waals surface area contributed by atoms with Gasteiger partial charge in [-0.25, -0.2) is 4.79 Å². The van der Waals surface area contributed by atoms with E-state index in [-0.39, 0.29) is 24.5 Å². The van der Waals surface area contributed by atoms with Crippen molar-refractivity contribution in [2.75, 3.05) is 6.61 Å². The van der Waals surface area contributed by atoms with Crippen LogP contribution in [0.1, 0.15) is 6.92 Å². The Kier molecular flexibility index (Phi) is 3.76. The lowest BCUT2D eigenvalue weighted by atomic mass is 10.3. The molecule has 0 radical (unpaired) electrons. The first-order chi connectivity index (χ1) is 7.54. The highest BCUT2D eigenvalue weighted by Crippen LogP contribution is 2.08. The highest BCUT2D eigenvalue weighted by molar-refractivity contribution is 5.87. The first-order valence-corrected chi connectivity index (χ1v) is 4.55.